The highest BCUT2D eigenvalue weighted by Gasteiger charge is 2.41. The average Bonchev–Trinajstić information content (AvgIpc) is 2.22. The normalized spacial score (nSPS) is 18.0. The van der Waals surface area contributed by atoms with Crippen LogP contribution in [0.2, 0.25) is 0 Å². The van der Waals surface area contributed by atoms with Crippen molar-refractivity contribution in [2.45, 2.75) is 19.3 Å². The van der Waals surface area contributed by atoms with Crippen LogP contribution in [0.4, 0.5) is 0 Å². The van der Waals surface area contributed by atoms with Gasteiger partial charge in [0.05, 0.1) is 25.7 Å². The molecule has 16 heavy (non-hydrogen) atoms. The third-order valence-electron chi connectivity index (χ3n) is 3.40. The van der Waals surface area contributed by atoms with Crippen LogP contribution in [-0.4, -0.2) is 26.2 Å². The van der Waals surface area contributed by atoms with Gasteiger partial charge in [0.25, 0.3) is 0 Å². The molecule has 0 spiro atoms. The fourth-order valence-corrected chi connectivity index (χ4v) is 2.32. The maximum Gasteiger partial charge on any atom is 0.123 e. The smallest absolute Gasteiger partial charge is 0.123 e. The van der Waals surface area contributed by atoms with Crippen molar-refractivity contribution in [2.75, 3.05) is 26.2 Å². The predicted molar refractivity (Wildman–Crippen MR) is 65.7 cm³/mol. The SMILES string of the molecule is COc1cc(C)c(C)cc1C1(CCl)COC1. The molecule has 0 radical (unpaired) electrons. The molecular weight excluding hydrogens is 224 g/mol. The quantitative estimate of drug-likeness (QED) is 0.757. The Morgan fingerprint density at radius 3 is 2.38 bits per heavy atom. The van der Waals surface area contributed by atoms with Gasteiger partial charge in [0, 0.05) is 11.4 Å². The summed E-state index contributed by atoms with van der Waals surface area (Å²) in [6, 6.07) is 4.26. The van der Waals surface area contributed by atoms with E-state index in [0.717, 1.165) is 5.75 Å². The third kappa shape index (κ3) is 1.70. The van der Waals surface area contributed by atoms with Gasteiger partial charge in [-0.1, -0.05) is 6.07 Å². The molecule has 88 valence electrons. The third-order valence-corrected chi connectivity index (χ3v) is 3.91. The summed E-state index contributed by atoms with van der Waals surface area (Å²) >= 11 is 6.08. The van der Waals surface area contributed by atoms with Crippen LogP contribution in [0.3, 0.4) is 0 Å². The minimum Gasteiger partial charge on any atom is -0.496 e. The fraction of sp³-hybridized carbons (Fsp3) is 0.538. The van der Waals surface area contributed by atoms with Crippen LogP contribution < -0.4 is 4.74 Å². The minimum absolute atomic E-state index is 0.0502. The zero-order valence-electron chi connectivity index (χ0n) is 9.97. The van der Waals surface area contributed by atoms with E-state index in [1.807, 2.05) is 0 Å². The molecule has 1 heterocycles. The Hall–Kier alpha value is -0.730. The van der Waals surface area contributed by atoms with E-state index < -0.39 is 0 Å². The number of rotatable bonds is 3. The number of benzene rings is 1. The first kappa shape index (κ1) is 11.7. The van der Waals surface area contributed by atoms with Gasteiger partial charge in [0.15, 0.2) is 0 Å². The van der Waals surface area contributed by atoms with E-state index in [9.17, 15) is 0 Å². The Bertz CT molecular complexity index is 392. The summed E-state index contributed by atoms with van der Waals surface area (Å²) < 4.78 is 10.8. The maximum atomic E-state index is 6.08. The minimum atomic E-state index is -0.0502. The Morgan fingerprint density at radius 1 is 1.31 bits per heavy atom. The molecule has 1 aliphatic heterocycles. The molecule has 1 aromatic rings. The van der Waals surface area contributed by atoms with Crippen molar-refractivity contribution in [3.63, 3.8) is 0 Å². The van der Waals surface area contributed by atoms with E-state index in [2.05, 4.69) is 26.0 Å². The predicted octanol–water partition coefficient (Wildman–Crippen LogP) is 2.82. The highest BCUT2D eigenvalue weighted by Crippen LogP contribution is 2.40. The zero-order chi connectivity index (χ0) is 11.8. The van der Waals surface area contributed by atoms with E-state index >= 15 is 0 Å². The number of alkyl halides is 1. The van der Waals surface area contributed by atoms with Gasteiger partial charge in [-0.15, -0.1) is 11.6 Å². The Labute approximate surface area is 102 Å². The second-order valence-corrected chi connectivity index (χ2v) is 4.81. The van der Waals surface area contributed by atoms with Gasteiger partial charge in [0.2, 0.25) is 0 Å². The Kier molecular flexibility index (Phi) is 3.13. The van der Waals surface area contributed by atoms with Crippen LogP contribution in [0.25, 0.3) is 0 Å². The van der Waals surface area contributed by atoms with Gasteiger partial charge >= 0.3 is 0 Å². The Balaban J connectivity index is 2.50. The molecule has 1 aliphatic rings. The van der Waals surface area contributed by atoms with E-state index in [4.69, 9.17) is 21.1 Å². The Morgan fingerprint density at radius 2 is 1.94 bits per heavy atom. The summed E-state index contributed by atoms with van der Waals surface area (Å²) in [5.74, 6) is 1.50. The van der Waals surface area contributed by atoms with Crippen LogP contribution in [0.15, 0.2) is 12.1 Å². The summed E-state index contributed by atoms with van der Waals surface area (Å²) in [7, 11) is 1.70. The molecule has 0 saturated carbocycles. The van der Waals surface area contributed by atoms with Gasteiger partial charge in [-0.25, -0.2) is 0 Å². The molecule has 1 fully saturated rings. The second-order valence-electron chi connectivity index (χ2n) is 4.54. The fourth-order valence-electron chi connectivity index (χ4n) is 2.03. The van der Waals surface area contributed by atoms with Crippen molar-refractivity contribution < 1.29 is 9.47 Å². The monoisotopic (exact) mass is 240 g/mol. The van der Waals surface area contributed by atoms with Crippen molar-refractivity contribution in [3.05, 3.63) is 28.8 Å². The molecule has 0 unspecified atom stereocenters. The molecular formula is C13H17ClO2. The lowest BCUT2D eigenvalue weighted by atomic mass is 9.79. The second kappa shape index (κ2) is 4.27. The molecule has 0 atom stereocenters. The topological polar surface area (TPSA) is 18.5 Å². The van der Waals surface area contributed by atoms with Crippen molar-refractivity contribution in [2.24, 2.45) is 0 Å². The van der Waals surface area contributed by atoms with Crippen LogP contribution in [-0.2, 0) is 10.2 Å². The van der Waals surface area contributed by atoms with Crippen LogP contribution >= 0.6 is 11.6 Å². The van der Waals surface area contributed by atoms with Gasteiger partial charge in [-0.05, 0) is 31.0 Å². The van der Waals surface area contributed by atoms with Crippen LogP contribution in [0, 0.1) is 13.8 Å². The molecule has 2 rings (SSSR count). The number of halogens is 1. The first-order chi connectivity index (χ1) is 7.63. The highest BCUT2D eigenvalue weighted by molar-refractivity contribution is 6.18. The molecule has 0 aliphatic carbocycles. The lowest BCUT2D eigenvalue weighted by molar-refractivity contribution is -0.0489. The number of ether oxygens (including phenoxy) is 2. The average molecular weight is 241 g/mol. The molecule has 2 nitrogen and oxygen atoms in total. The molecule has 1 aromatic carbocycles. The first-order valence-corrected chi connectivity index (χ1v) is 5.96. The lowest BCUT2D eigenvalue weighted by Crippen LogP contribution is -2.48. The van der Waals surface area contributed by atoms with Gasteiger partial charge in [0.1, 0.15) is 5.75 Å². The van der Waals surface area contributed by atoms with Gasteiger partial charge in [-0.3, -0.25) is 0 Å². The summed E-state index contributed by atoms with van der Waals surface area (Å²) in [6.45, 7) is 5.58. The zero-order valence-corrected chi connectivity index (χ0v) is 10.7. The maximum absolute atomic E-state index is 6.08. The van der Waals surface area contributed by atoms with E-state index in [1.54, 1.807) is 7.11 Å². The number of hydrogen-bond acceptors (Lipinski definition) is 2. The number of aryl methyl sites for hydroxylation is 2. The molecule has 0 amide bonds. The molecule has 0 aromatic heterocycles. The molecule has 1 saturated heterocycles. The summed E-state index contributed by atoms with van der Waals surface area (Å²) in [6.07, 6.45) is 0. The van der Waals surface area contributed by atoms with Crippen molar-refractivity contribution in [3.8, 4) is 5.75 Å². The largest absolute Gasteiger partial charge is 0.496 e. The lowest BCUT2D eigenvalue weighted by Gasteiger charge is -2.41. The first-order valence-electron chi connectivity index (χ1n) is 5.42. The number of methoxy groups -OCH3 is 1. The van der Waals surface area contributed by atoms with E-state index in [1.165, 1.54) is 16.7 Å². The van der Waals surface area contributed by atoms with Gasteiger partial charge < -0.3 is 9.47 Å². The molecule has 0 bridgehead atoms. The highest BCUT2D eigenvalue weighted by atomic mass is 35.5. The van der Waals surface area contributed by atoms with Crippen molar-refractivity contribution >= 4 is 11.6 Å². The summed E-state index contributed by atoms with van der Waals surface area (Å²) in [4.78, 5) is 0. The van der Waals surface area contributed by atoms with Crippen LogP contribution in [0.5, 0.6) is 5.75 Å². The summed E-state index contributed by atoms with van der Waals surface area (Å²) in [5.41, 5.74) is 3.64. The number of hydrogen-bond donors (Lipinski definition) is 0. The van der Waals surface area contributed by atoms with E-state index in [-0.39, 0.29) is 5.41 Å². The van der Waals surface area contributed by atoms with Crippen molar-refractivity contribution in [1.82, 2.24) is 0 Å². The van der Waals surface area contributed by atoms with E-state index in [0.29, 0.717) is 19.1 Å². The standard InChI is InChI=1S/C13H17ClO2/c1-9-4-11(12(15-3)5-10(9)2)13(6-14)7-16-8-13/h4-5H,6-8H2,1-3H3. The molecule has 0 N–H and O–H groups in total. The summed E-state index contributed by atoms with van der Waals surface area (Å²) in [5, 5.41) is 0. The van der Waals surface area contributed by atoms with Crippen molar-refractivity contribution in [1.29, 1.82) is 0 Å². The molecule has 3 heteroatoms. The van der Waals surface area contributed by atoms with Crippen LogP contribution in [0.1, 0.15) is 16.7 Å². The van der Waals surface area contributed by atoms with Gasteiger partial charge in [-0.2, -0.15) is 0 Å².